The summed E-state index contributed by atoms with van der Waals surface area (Å²) in [5.41, 5.74) is 2.29. The highest BCUT2D eigenvalue weighted by atomic mass is 32.2. The van der Waals surface area contributed by atoms with Crippen molar-refractivity contribution in [3.05, 3.63) is 94.6 Å². The molecule has 1 amide bonds. The number of benzene rings is 2. The van der Waals surface area contributed by atoms with Gasteiger partial charge < -0.3 is 10.1 Å². The molecule has 2 heterocycles. The van der Waals surface area contributed by atoms with Crippen molar-refractivity contribution in [3.63, 3.8) is 0 Å². The molecule has 8 heteroatoms. The largest absolute Gasteiger partial charge is 0.489 e. The summed E-state index contributed by atoms with van der Waals surface area (Å²) < 4.78 is 7.95. The molecule has 0 spiro atoms. The molecule has 0 radical (unpaired) electrons. The molecule has 2 aromatic carbocycles. The number of hydrogen-bond acceptors (Lipinski definition) is 6. The Balaban J connectivity index is 1.40. The molecule has 1 unspecified atom stereocenters. The van der Waals surface area contributed by atoms with Gasteiger partial charge in [0.15, 0.2) is 5.16 Å². The molecular weight excluding hydrogens is 454 g/mol. The minimum Gasteiger partial charge on any atom is -0.489 e. The Morgan fingerprint density at radius 3 is 2.70 bits per heavy atom. The molecule has 0 bridgehead atoms. The van der Waals surface area contributed by atoms with Gasteiger partial charge in [-0.25, -0.2) is 4.98 Å². The third-order valence-electron chi connectivity index (χ3n) is 4.86. The molecule has 4 aromatic rings. The summed E-state index contributed by atoms with van der Waals surface area (Å²) >= 11 is 2.61. The fourth-order valence-corrected chi connectivity index (χ4v) is 4.83. The second kappa shape index (κ2) is 10.5. The van der Waals surface area contributed by atoms with Crippen molar-refractivity contribution < 1.29 is 9.53 Å². The van der Waals surface area contributed by atoms with E-state index < -0.39 is 5.25 Å². The van der Waals surface area contributed by atoms with Gasteiger partial charge in [0, 0.05) is 12.2 Å². The molecule has 1 N–H and O–H groups in total. The Morgan fingerprint density at radius 1 is 1.21 bits per heavy atom. The predicted octanol–water partition coefficient (Wildman–Crippen LogP) is 5.34. The van der Waals surface area contributed by atoms with Gasteiger partial charge in [-0.05, 0) is 48.2 Å². The number of allylic oxidation sites excluding steroid dienone is 1. The highest BCUT2D eigenvalue weighted by Crippen LogP contribution is 2.25. The number of anilines is 1. The van der Waals surface area contributed by atoms with E-state index in [1.54, 1.807) is 29.7 Å². The van der Waals surface area contributed by atoms with Crippen molar-refractivity contribution in [1.82, 2.24) is 9.55 Å². The first-order chi connectivity index (χ1) is 16.0. The van der Waals surface area contributed by atoms with Gasteiger partial charge in [-0.15, -0.1) is 17.9 Å². The molecule has 0 aliphatic heterocycles. The predicted molar refractivity (Wildman–Crippen MR) is 135 cm³/mol. The third kappa shape index (κ3) is 5.53. The van der Waals surface area contributed by atoms with E-state index >= 15 is 0 Å². The van der Waals surface area contributed by atoms with E-state index in [0.29, 0.717) is 34.2 Å². The SMILES string of the molecule is C=CCn1c(SC(C)C(=O)Nc2ccc(OCc3ccccc3)cc2)nc2ccsc2c1=O. The lowest BCUT2D eigenvalue weighted by atomic mass is 10.2. The third-order valence-corrected chi connectivity index (χ3v) is 6.85. The topological polar surface area (TPSA) is 73.2 Å². The monoisotopic (exact) mass is 477 g/mol. The van der Waals surface area contributed by atoms with E-state index in [1.165, 1.54) is 23.1 Å². The lowest BCUT2D eigenvalue weighted by Crippen LogP contribution is -2.26. The molecule has 0 aliphatic carbocycles. The molecule has 1 atom stereocenters. The van der Waals surface area contributed by atoms with Crippen LogP contribution in [0.15, 0.2) is 88.6 Å². The summed E-state index contributed by atoms with van der Waals surface area (Å²) in [6, 6.07) is 19.0. The van der Waals surface area contributed by atoms with Crippen LogP contribution in [0.5, 0.6) is 5.75 Å². The Kier molecular flexibility index (Phi) is 7.26. The lowest BCUT2D eigenvalue weighted by Gasteiger charge is -2.15. The summed E-state index contributed by atoms with van der Waals surface area (Å²) in [5, 5.41) is 4.79. The van der Waals surface area contributed by atoms with Crippen molar-refractivity contribution in [2.24, 2.45) is 0 Å². The van der Waals surface area contributed by atoms with Crippen molar-refractivity contribution >= 4 is 44.9 Å². The van der Waals surface area contributed by atoms with Crippen LogP contribution < -0.4 is 15.6 Å². The van der Waals surface area contributed by atoms with E-state index in [0.717, 1.165) is 11.3 Å². The zero-order valence-corrected chi connectivity index (χ0v) is 19.7. The van der Waals surface area contributed by atoms with Crippen molar-refractivity contribution in [2.45, 2.75) is 30.5 Å². The zero-order chi connectivity index (χ0) is 23.2. The molecule has 0 aliphatic rings. The Bertz CT molecular complexity index is 1310. The average molecular weight is 478 g/mol. The lowest BCUT2D eigenvalue weighted by molar-refractivity contribution is -0.115. The first-order valence-corrected chi connectivity index (χ1v) is 12.1. The zero-order valence-electron chi connectivity index (χ0n) is 18.1. The number of thiophene rings is 1. The van der Waals surface area contributed by atoms with Crippen LogP contribution >= 0.6 is 23.1 Å². The van der Waals surface area contributed by atoms with Crippen LogP contribution in [-0.2, 0) is 17.9 Å². The number of hydrogen-bond donors (Lipinski definition) is 1. The Hall–Kier alpha value is -3.36. The number of amides is 1. The highest BCUT2D eigenvalue weighted by Gasteiger charge is 2.19. The molecule has 168 valence electrons. The summed E-state index contributed by atoms with van der Waals surface area (Å²) in [7, 11) is 0. The minimum atomic E-state index is -0.460. The number of carbonyl (C=O) groups excluding carboxylic acids is 1. The maximum Gasteiger partial charge on any atom is 0.272 e. The number of aromatic nitrogens is 2. The Labute approximate surface area is 199 Å². The molecule has 4 rings (SSSR count). The minimum absolute atomic E-state index is 0.115. The normalized spacial score (nSPS) is 11.8. The fraction of sp³-hybridized carbons (Fsp3) is 0.160. The van der Waals surface area contributed by atoms with Crippen LogP contribution in [0.1, 0.15) is 12.5 Å². The van der Waals surface area contributed by atoms with Gasteiger partial charge in [0.1, 0.15) is 17.1 Å². The van der Waals surface area contributed by atoms with E-state index in [4.69, 9.17) is 4.74 Å². The average Bonchev–Trinajstić information content (AvgIpc) is 3.30. The van der Waals surface area contributed by atoms with Gasteiger partial charge in [-0.2, -0.15) is 0 Å². The van der Waals surface area contributed by atoms with E-state index in [9.17, 15) is 9.59 Å². The maximum absolute atomic E-state index is 12.8. The summed E-state index contributed by atoms with van der Waals surface area (Å²) in [6.45, 7) is 6.34. The van der Waals surface area contributed by atoms with Crippen molar-refractivity contribution in [2.75, 3.05) is 5.32 Å². The van der Waals surface area contributed by atoms with Gasteiger partial charge in [-0.3, -0.25) is 14.2 Å². The van der Waals surface area contributed by atoms with E-state index in [-0.39, 0.29) is 11.5 Å². The van der Waals surface area contributed by atoms with Crippen LogP contribution in [0.25, 0.3) is 10.2 Å². The molecule has 6 nitrogen and oxygen atoms in total. The number of carbonyl (C=O) groups is 1. The molecule has 0 saturated heterocycles. The number of rotatable bonds is 9. The Morgan fingerprint density at radius 2 is 1.97 bits per heavy atom. The van der Waals surface area contributed by atoms with Crippen molar-refractivity contribution in [1.29, 1.82) is 0 Å². The quantitative estimate of drug-likeness (QED) is 0.200. The summed E-state index contributed by atoms with van der Waals surface area (Å²) in [5.74, 6) is 0.545. The van der Waals surface area contributed by atoms with E-state index in [2.05, 4.69) is 16.9 Å². The standard InChI is InChI=1S/C25H23N3O3S2/c1-3-14-28-24(30)22-21(13-15-32-22)27-25(28)33-17(2)23(29)26-19-9-11-20(12-10-19)31-16-18-7-5-4-6-8-18/h3-13,15,17H,1,14,16H2,2H3,(H,26,29). The van der Waals surface area contributed by atoms with Gasteiger partial charge in [-0.1, -0.05) is 48.2 Å². The first-order valence-electron chi connectivity index (χ1n) is 10.4. The highest BCUT2D eigenvalue weighted by molar-refractivity contribution is 8.00. The summed E-state index contributed by atoms with van der Waals surface area (Å²) in [4.78, 5) is 30.2. The first kappa shape index (κ1) is 22.8. The van der Waals surface area contributed by atoms with Crippen LogP contribution in [0.4, 0.5) is 5.69 Å². The smallest absolute Gasteiger partial charge is 0.272 e. The van der Waals surface area contributed by atoms with Crippen molar-refractivity contribution in [3.8, 4) is 5.75 Å². The molecule has 2 aromatic heterocycles. The molecule has 0 saturated carbocycles. The van der Waals surface area contributed by atoms with E-state index in [1.807, 2.05) is 53.9 Å². The van der Waals surface area contributed by atoms with Gasteiger partial charge in [0.2, 0.25) is 5.91 Å². The van der Waals surface area contributed by atoms with Crippen LogP contribution in [0.2, 0.25) is 0 Å². The number of thioether (sulfide) groups is 1. The van der Waals surface area contributed by atoms with Gasteiger partial charge >= 0.3 is 0 Å². The molecular formula is C25H23N3O3S2. The number of ether oxygens (including phenoxy) is 1. The molecule has 33 heavy (non-hydrogen) atoms. The second-order valence-corrected chi connectivity index (χ2v) is 9.51. The van der Waals surface area contributed by atoms with Gasteiger partial charge in [0.05, 0.1) is 10.8 Å². The molecule has 0 fully saturated rings. The van der Waals surface area contributed by atoms with Crippen LogP contribution in [0.3, 0.4) is 0 Å². The number of nitrogens with zero attached hydrogens (tertiary/aromatic N) is 2. The fourth-order valence-electron chi connectivity index (χ4n) is 3.13. The van der Waals surface area contributed by atoms with Crippen LogP contribution in [-0.4, -0.2) is 20.7 Å². The summed E-state index contributed by atoms with van der Waals surface area (Å²) in [6.07, 6.45) is 1.65. The maximum atomic E-state index is 12.8. The van der Waals surface area contributed by atoms with Gasteiger partial charge in [0.25, 0.3) is 5.56 Å². The second-order valence-electron chi connectivity index (χ2n) is 7.28. The number of nitrogens with one attached hydrogen (secondary N) is 1. The van der Waals surface area contributed by atoms with Crippen LogP contribution in [0, 0.1) is 0 Å². The number of fused-ring (bicyclic) bond motifs is 1.